The molecule has 0 spiro atoms. The van der Waals surface area contributed by atoms with E-state index in [2.05, 4.69) is 39.0 Å². The number of ketones is 1. The van der Waals surface area contributed by atoms with Gasteiger partial charge in [-0.25, -0.2) is 0 Å². The third-order valence-corrected chi connectivity index (χ3v) is 7.61. The molecule has 0 saturated heterocycles. The highest BCUT2D eigenvalue weighted by atomic mass is 28.4. The van der Waals surface area contributed by atoms with Crippen molar-refractivity contribution in [3.8, 4) is 0 Å². The molecule has 0 amide bonds. The molecule has 3 nitrogen and oxygen atoms in total. The second-order valence-corrected chi connectivity index (χ2v) is 14.8. The normalized spacial score (nSPS) is 30.7. The summed E-state index contributed by atoms with van der Waals surface area (Å²) >= 11 is 0. The van der Waals surface area contributed by atoms with Gasteiger partial charge in [-0.2, -0.15) is 0 Å². The Morgan fingerprint density at radius 2 is 1.85 bits per heavy atom. The molecule has 0 aliphatic heterocycles. The van der Waals surface area contributed by atoms with Crippen molar-refractivity contribution in [3.63, 3.8) is 0 Å². The molecule has 3 atom stereocenters. The Labute approximate surface area is 165 Å². The van der Waals surface area contributed by atoms with Crippen LogP contribution in [0.2, 0.25) is 19.6 Å². The summed E-state index contributed by atoms with van der Waals surface area (Å²) < 4.78 is 5.94. The van der Waals surface area contributed by atoms with E-state index in [1.54, 1.807) is 0 Å². The zero-order valence-corrected chi connectivity index (χ0v) is 18.9. The van der Waals surface area contributed by atoms with E-state index in [1.807, 2.05) is 26.6 Å². The van der Waals surface area contributed by atoms with Crippen molar-refractivity contribution in [1.29, 1.82) is 0 Å². The smallest absolute Gasteiger partial charge is 0.298 e. The highest BCUT2D eigenvalue weighted by molar-refractivity contribution is 6.71. The lowest BCUT2D eigenvalue weighted by molar-refractivity contribution is -0.154. The van der Waals surface area contributed by atoms with Crippen LogP contribution in [-0.4, -0.2) is 20.1 Å². The summed E-state index contributed by atoms with van der Waals surface area (Å²) in [7, 11) is -1.98. The molecule has 3 unspecified atom stereocenters. The first-order valence-corrected chi connectivity index (χ1v) is 13.7. The minimum atomic E-state index is -1.98. The van der Waals surface area contributed by atoms with Crippen LogP contribution < -0.4 is 0 Å². The first-order valence-electron chi connectivity index (χ1n) is 10.3. The van der Waals surface area contributed by atoms with Gasteiger partial charge >= 0.3 is 0 Å². The van der Waals surface area contributed by atoms with Gasteiger partial charge < -0.3 is 4.43 Å². The topological polar surface area (TPSA) is 43.4 Å². The molecule has 0 aromatic heterocycles. The summed E-state index contributed by atoms with van der Waals surface area (Å²) in [4.78, 5) is 26.3. The summed E-state index contributed by atoms with van der Waals surface area (Å²) in [6.07, 6.45) is 3.27. The molecular formula is C23H34O3Si. The summed E-state index contributed by atoms with van der Waals surface area (Å²) in [6, 6.07) is 6.41. The first-order chi connectivity index (χ1) is 12.4. The van der Waals surface area contributed by atoms with Crippen molar-refractivity contribution in [2.75, 3.05) is 0 Å². The van der Waals surface area contributed by atoms with Gasteiger partial charge in [-0.3, -0.25) is 9.59 Å². The van der Waals surface area contributed by atoms with Gasteiger partial charge in [0, 0.05) is 12.0 Å². The highest BCUT2D eigenvalue weighted by Gasteiger charge is 2.57. The number of carbonyl (C=O) groups excluding carboxylic acids is 2. The standard InChI is InChI=1S/C23H34O3Si/c1-15(2)16-9-10-18-17(13-16)19(24)14-20-22(18,3)11-8-12-23(20,4)21(25)26-27(5,6)7/h9-10,13,15,20H,8,11-12,14H2,1-7H3. The maximum absolute atomic E-state index is 13.2. The van der Waals surface area contributed by atoms with E-state index in [0.717, 1.165) is 30.4 Å². The molecule has 27 heavy (non-hydrogen) atoms. The van der Waals surface area contributed by atoms with Gasteiger partial charge in [0.15, 0.2) is 5.78 Å². The Balaban J connectivity index is 2.06. The lowest BCUT2D eigenvalue weighted by Crippen LogP contribution is -2.55. The fourth-order valence-corrected chi connectivity index (χ4v) is 6.02. The maximum atomic E-state index is 13.2. The van der Waals surface area contributed by atoms with Gasteiger partial charge in [0.25, 0.3) is 5.97 Å². The predicted octanol–water partition coefficient (Wildman–Crippen LogP) is 5.84. The zero-order valence-electron chi connectivity index (χ0n) is 17.9. The van der Waals surface area contributed by atoms with Crippen LogP contribution in [0.5, 0.6) is 0 Å². The Morgan fingerprint density at radius 3 is 2.44 bits per heavy atom. The quantitative estimate of drug-likeness (QED) is 0.613. The van der Waals surface area contributed by atoms with Gasteiger partial charge in [0.05, 0.1) is 5.41 Å². The third kappa shape index (κ3) is 3.41. The zero-order chi connectivity index (χ0) is 20.2. The molecule has 148 valence electrons. The second-order valence-electron chi connectivity index (χ2n) is 10.3. The Kier molecular flexibility index (Phi) is 4.95. The second kappa shape index (κ2) is 6.58. The van der Waals surface area contributed by atoms with Crippen molar-refractivity contribution >= 4 is 20.1 Å². The molecule has 0 N–H and O–H groups in total. The average molecular weight is 387 g/mol. The van der Waals surface area contributed by atoms with Crippen molar-refractivity contribution in [1.82, 2.24) is 0 Å². The van der Waals surface area contributed by atoms with Crippen molar-refractivity contribution < 1.29 is 14.0 Å². The SMILES string of the molecule is CC(C)c1ccc2c(c1)C(=O)CC1C(C)(C(=O)O[Si](C)(C)C)CCCC21C. The van der Waals surface area contributed by atoms with Crippen molar-refractivity contribution in [2.45, 2.75) is 84.4 Å². The van der Waals surface area contributed by atoms with Crippen molar-refractivity contribution in [2.24, 2.45) is 11.3 Å². The average Bonchev–Trinajstić information content (AvgIpc) is 2.55. The predicted molar refractivity (Wildman–Crippen MR) is 112 cm³/mol. The number of fused-ring (bicyclic) bond motifs is 3. The van der Waals surface area contributed by atoms with Crippen LogP contribution >= 0.6 is 0 Å². The molecule has 2 aliphatic rings. The third-order valence-electron chi connectivity index (χ3n) is 6.81. The van der Waals surface area contributed by atoms with E-state index < -0.39 is 13.7 Å². The Bertz CT molecular complexity index is 776. The first kappa shape index (κ1) is 20.3. The molecule has 0 radical (unpaired) electrons. The summed E-state index contributed by atoms with van der Waals surface area (Å²) in [5, 5.41) is 0. The Morgan fingerprint density at radius 1 is 1.19 bits per heavy atom. The monoisotopic (exact) mass is 386 g/mol. The molecule has 4 heteroatoms. The maximum Gasteiger partial charge on any atom is 0.298 e. The minimum Gasteiger partial charge on any atom is -0.519 e. The van der Waals surface area contributed by atoms with Crippen LogP contribution in [-0.2, 0) is 14.6 Å². The largest absolute Gasteiger partial charge is 0.519 e. The van der Waals surface area contributed by atoms with Crippen LogP contribution in [0.15, 0.2) is 18.2 Å². The van der Waals surface area contributed by atoms with Gasteiger partial charge in [-0.05, 0) is 73.9 Å². The molecular weight excluding hydrogens is 352 g/mol. The molecule has 2 aliphatic carbocycles. The summed E-state index contributed by atoms with van der Waals surface area (Å²) in [6.45, 7) is 14.8. The van der Waals surface area contributed by atoms with Gasteiger partial charge in [0.2, 0.25) is 8.32 Å². The van der Waals surface area contributed by atoms with Crippen LogP contribution in [0.25, 0.3) is 0 Å². The lowest BCUT2D eigenvalue weighted by Gasteiger charge is -2.54. The van der Waals surface area contributed by atoms with E-state index in [1.165, 1.54) is 5.56 Å². The van der Waals surface area contributed by atoms with E-state index in [0.29, 0.717) is 12.3 Å². The molecule has 3 rings (SSSR count). The van der Waals surface area contributed by atoms with Gasteiger partial charge in [-0.1, -0.05) is 39.3 Å². The van der Waals surface area contributed by atoms with Crippen molar-refractivity contribution in [3.05, 3.63) is 34.9 Å². The number of hydrogen-bond acceptors (Lipinski definition) is 3. The Hall–Kier alpha value is -1.42. The van der Waals surface area contributed by atoms with Crippen LogP contribution in [0.3, 0.4) is 0 Å². The van der Waals surface area contributed by atoms with Gasteiger partial charge in [-0.15, -0.1) is 0 Å². The van der Waals surface area contributed by atoms with Crippen LogP contribution in [0.1, 0.15) is 80.8 Å². The lowest BCUT2D eigenvalue weighted by atomic mass is 9.49. The molecule has 1 aromatic rings. The van der Waals surface area contributed by atoms with Crippen LogP contribution in [0.4, 0.5) is 0 Å². The molecule has 0 heterocycles. The van der Waals surface area contributed by atoms with E-state index >= 15 is 0 Å². The highest BCUT2D eigenvalue weighted by Crippen LogP contribution is 2.57. The summed E-state index contributed by atoms with van der Waals surface area (Å²) in [5.74, 6) is 0.501. The number of benzene rings is 1. The minimum absolute atomic E-state index is 0.00694. The summed E-state index contributed by atoms with van der Waals surface area (Å²) in [5.41, 5.74) is 2.49. The molecule has 1 fully saturated rings. The number of carbonyl (C=O) groups is 2. The number of Topliss-reactive ketones (excluding diaryl/α,β-unsaturated/α-hetero) is 1. The molecule has 1 saturated carbocycles. The number of rotatable bonds is 3. The molecule has 0 bridgehead atoms. The van der Waals surface area contributed by atoms with Crippen LogP contribution in [0, 0.1) is 11.3 Å². The molecule has 1 aromatic carbocycles. The fourth-order valence-electron chi connectivity index (χ4n) is 5.23. The number of hydrogen-bond donors (Lipinski definition) is 0. The van der Waals surface area contributed by atoms with E-state index in [4.69, 9.17) is 4.43 Å². The van der Waals surface area contributed by atoms with Gasteiger partial charge in [0.1, 0.15) is 0 Å². The fraction of sp³-hybridized carbons (Fsp3) is 0.652. The van der Waals surface area contributed by atoms with E-state index in [-0.39, 0.29) is 23.1 Å². The van der Waals surface area contributed by atoms with E-state index in [9.17, 15) is 9.59 Å².